The van der Waals surface area contributed by atoms with Crippen molar-refractivity contribution in [2.24, 2.45) is 5.41 Å². The maximum atomic E-state index is 11.9. The van der Waals surface area contributed by atoms with E-state index in [1.54, 1.807) is 6.92 Å². The summed E-state index contributed by atoms with van der Waals surface area (Å²) in [6, 6.07) is 0. The van der Waals surface area contributed by atoms with Gasteiger partial charge in [0.15, 0.2) is 0 Å². The van der Waals surface area contributed by atoms with E-state index >= 15 is 0 Å². The standard InChI is InChI=1S/C15H27NO4/c1-3-4-10-20-12(2)13(17)16-11-15(14(18)19)8-6-5-7-9-15/h12H,3-11H2,1-2H3,(H,16,17)(H,18,19). The van der Waals surface area contributed by atoms with Crippen molar-refractivity contribution in [1.82, 2.24) is 5.32 Å². The number of hydrogen-bond acceptors (Lipinski definition) is 3. The lowest BCUT2D eigenvalue weighted by Gasteiger charge is -2.33. The second kappa shape index (κ2) is 8.25. The Labute approximate surface area is 121 Å². The SMILES string of the molecule is CCCCOC(C)C(=O)NCC1(C(=O)O)CCCCC1. The van der Waals surface area contributed by atoms with Crippen LogP contribution < -0.4 is 5.32 Å². The van der Waals surface area contributed by atoms with E-state index in [0.29, 0.717) is 19.4 Å². The number of hydrogen-bond donors (Lipinski definition) is 2. The first kappa shape index (κ1) is 17.0. The number of amides is 1. The molecule has 116 valence electrons. The summed E-state index contributed by atoms with van der Waals surface area (Å²) in [4.78, 5) is 23.4. The molecule has 1 atom stereocenters. The minimum atomic E-state index is -0.794. The van der Waals surface area contributed by atoms with Crippen LogP contribution in [0.3, 0.4) is 0 Å². The first-order valence-corrected chi connectivity index (χ1v) is 7.64. The third-order valence-electron chi connectivity index (χ3n) is 4.10. The molecule has 0 saturated heterocycles. The van der Waals surface area contributed by atoms with E-state index in [2.05, 4.69) is 12.2 Å². The van der Waals surface area contributed by atoms with Crippen molar-refractivity contribution in [2.75, 3.05) is 13.2 Å². The molecule has 1 saturated carbocycles. The minimum absolute atomic E-state index is 0.211. The van der Waals surface area contributed by atoms with E-state index in [9.17, 15) is 14.7 Å². The van der Waals surface area contributed by atoms with Gasteiger partial charge in [0.1, 0.15) is 6.10 Å². The maximum absolute atomic E-state index is 11.9. The predicted octanol–water partition coefficient (Wildman–Crippen LogP) is 2.34. The highest BCUT2D eigenvalue weighted by atomic mass is 16.5. The van der Waals surface area contributed by atoms with Gasteiger partial charge in [-0.3, -0.25) is 9.59 Å². The van der Waals surface area contributed by atoms with Gasteiger partial charge >= 0.3 is 5.97 Å². The van der Waals surface area contributed by atoms with Crippen LogP contribution in [-0.4, -0.2) is 36.2 Å². The van der Waals surface area contributed by atoms with Crippen molar-refractivity contribution in [3.8, 4) is 0 Å². The summed E-state index contributed by atoms with van der Waals surface area (Å²) in [5.41, 5.74) is -0.781. The second-order valence-electron chi connectivity index (χ2n) is 5.73. The number of carbonyl (C=O) groups excluding carboxylic acids is 1. The quantitative estimate of drug-likeness (QED) is 0.671. The second-order valence-corrected chi connectivity index (χ2v) is 5.73. The molecule has 0 bridgehead atoms. The Kier molecular flexibility index (Phi) is 6.99. The number of ether oxygens (including phenoxy) is 1. The number of carbonyl (C=O) groups is 2. The number of rotatable bonds is 8. The van der Waals surface area contributed by atoms with Crippen molar-refractivity contribution in [3.63, 3.8) is 0 Å². The molecule has 5 heteroatoms. The van der Waals surface area contributed by atoms with Crippen LogP contribution in [0.25, 0.3) is 0 Å². The normalized spacial score (nSPS) is 19.3. The van der Waals surface area contributed by atoms with Crippen molar-refractivity contribution >= 4 is 11.9 Å². The number of unbranched alkanes of at least 4 members (excludes halogenated alkanes) is 1. The molecule has 0 aliphatic heterocycles. The van der Waals surface area contributed by atoms with Crippen LogP contribution in [0, 0.1) is 5.41 Å². The van der Waals surface area contributed by atoms with Gasteiger partial charge in [-0.05, 0) is 26.2 Å². The van der Waals surface area contributed by atoms with Gasteiger partial charge in [-0.15, -0.1) is 0 Å². The Balaban J connectivity index is 2.42. The minimum Gasteiger partial charge on any atom is -0.481 e. The molecule has 0 aromatic carbocycles. The summed E-state index contributed by atoms with van der Waals surface area (Å²) in [7, 11) is 0. The zero-order chi connectivity index (χ0) is 15.0. The number of nitrogens with one attached hydrogen (secondary N) is 1. The fourth-order valence-electron chi connectivity index (χ4n) is 2.57. The molecule has 0 spiro atoms. The Morgan fingerprint density at radius 3 is 2.50 bits per heavy atom. The lowest BCUT2D eigenvalue weighted by Crippen LogP contribution is -2.46. The van der Waals surface area contributed by atoms with Crippen molar-refractivity contribution in [2.45, 2.75) is 64.9 Å². The van der Waals surface area contributed by atoms with Crippen molar-refractivity contribution in [3.05, 3.63) is 0 Å². The zero-order valence-corrected chi connectivity index (χ0v) is 12.6. The molecule has 1 fully saturated rings. The van der Waals surface area contributed by atoms with E-state index in [-0.39, 0.29) is 12.5 Å². The zero-order valence-electron chi connectivity index (χ0n) is 12.6. The van der Waals surface area contributed by atoms with Gasteiger partial charge in [-0.1, -0.05) is 32.6 Å². The first-order valence-electron chi connectivity index (χ1n) is 7.64. The van der Waals surface area contributed by atoms with Crippen LogP contribution in [0.2, 0.25) is 0 Å². The molecule has 1 unspecified atom stereocenters. The molecule has 1 amide bonds. The summed E-state index contributed by atoms with van der Waals surface area (Å²) >= 11 is 0. The fourth-order valence-corrected chi connectivity index (χ4v) is 2.57. The molecule has 20 heavy (non-hydrogen) atoms. The van der Waals surface area contributed by atoms with E-state index in [1.807, 2.05) is 0 Å². The predicted molar refractivity (Wildman–Crippen MR) is 76.5 cm³/mol. The van der Waals surface area contributed by atoms with E-state index in [0.717, 1.165) is 32.1 Å². The Morgan fingerprint density at radius 1 is 1.30 bits per heavy atom. The molecule has 0 aromatic rings. The third-order valence-corrected chi connectivity index (χ3v) is 4.10. The summed E-state index contributed by atoms with van der Waals surface area (Å²) in [5.74, 6) is -1.01. The Bertz CT molecular complexity index is 324. The van der Waals surface area contributed by atoms with Gasteiger partial charge in [0, 0.05) is 13.2 Å². The fraction of sp³-hybridized carbons (Fsp3) is 0.867. The van der Waals surface area contributed by atoms with Gasteiger partial charge in [-0.25, -0.2) is 0 Å². The highest BCUT2D eigenvalue weighted by Gasteiger charge is 2.40. The molecule has 0 aromatic heterocycles. The molecular weight excluding hydrogens is 258 g/mol. The molecule has 5 nitrogen and oxygen atoms in total. The van der Waals surface area contributed by atoms with Crippen LogP contribution in [0.1, 0.15) is 58.8 Å². The molecule has 1 aliphatic carbocycles. The van der Waals surface area contributed by atoms with Crippen molar-refractivity contribution in [1.29, 1.82) is 0 Å². The summed E-state index contributed by atoms with van der Waals surface area (Å²) < 4.78 is 5.42. The average molecular weight is 285 g/mol. The summed E-state index contributed by atoms with van der Waals surface area (Å²) in [6.45, 7) is 4.55. The van der Waals surface area contributed by atoms with Crippen LogP contribution >= 0.6 is 0 Å². The molecular formula is C15H27NO4. The highest BCUT2D eigenvalue weighted by Crippen LogP contribution is 2.36. The number of carboxylic acids is 1. The van der Waals surface area contributed by atoms with Crippen LogP contribution in [0.15, 0.2) is 0 Å². The molecule has 1 rings (SSSR count). The van der Waals surface area contributed by atoms with Crippen molar-refractivity contribution < 1.29 is 19.4 Å². The number of aliphatic carboxylic acids is 1. The molecule has 2 N–H and O–H groups in total. The smallest absolute Gasteiger partial charge is 0.311 e. The Morgan fingerprint density at radius 2 is 1.95 bits per heavy atom. The molecule has 0 heterocycles. The summed E-state index contributed by atoms with van der Waals surface area (Å²) in [6.07, 6.45) is 5.65. The lowest BCUT2D eigenvalue weighted by molar-refractivity contribution is -0.151. The molecule has 1 aliphatic rings. The van der Waals surface area contributed by atoms with Crippen LogP contribution in [-0.2, 0) is 14.3 Å². The lowest BCUT2D eigenvalue weighted by atomic mass is 9.74. The van der Waals surface area contributed by atoms with E-state index < -0.39 is 17.5 Å². The van der Waals surface area contributed by atoms with Crippen LogP contribution in [0.4, 0.5) is 0 Å². The third kappa shape index (κ3) is 4.78. The van der Waals surface area contributed by atoms with Gasteiger partial charge in [0.25, 0.3) is 0 Å². The van der Waals surface area contributed by atoms with Crippen LogP contribution in [0.5, 0.6) is 0 Å². The maximum Gasteiger partial charge on any atom is 0.311 e. The monoisotopic (exact) mass is 285 g/mol. The largest absolute Gasteiger partial charge is 0.481 e. The number of carboxylic acid groups (broad SMARTS) is 1. The van der Waals surface area contributed by atoms with Gasteiger partial charge in [-0.2, -0.15) is 0 Å². The highest BCUT2D eigenvalue weighted by molar-refractivity contribution is 5.82. The Hall–Kier alpha value is -1.10. The first-order chi connectivity index (χ1) is 9.52. The van der Waals surface area contributed by atoms with Gasteiger partial charge < -0.3 is 15.2 Å². The van der Waals surface area contributed by atoms with Gasteiger partial charge in [0.2, 0.25) is 5.91 Å². The average Bonchev–Trinajstić information content (AvgIpc) is 2.45. The van der Waals surface area contributed by atoms with E-state index in [4.69, 9.17) is 4.74 Å². The summed E-state index contributed by atoms with van der Waals surface area (Å²) in [5, 5.41) is 12.2. The van der Waals surface area contributed by atoms with Gasteiger partial charge in [0.05, 0.1) is 5.41 Å². The topological polar surface area (TPSA) is 75.6 Å². The molecule has 0 radical (unpaired) electrons. The van der Waals surface area contributed by atoms with E-state index in [1.165, 1.54) is 0 Å².